The van der Waals surface area contributed by atoms with E-state index in [9.17, 15) is 9.59 Å². The Morgan fingerprint density at radius 1 is 1.19 bits per heavy atom. The summed E-state index contributed by atoms with van der Waals surface area (Å²) in [5.41, 5.74) is 1.45. The van der Waals surface area contributed by atoms with Gasteiger partial charge in [0.25, 0.3) is 5.91 Å². The number of aryl methyl sites for hydroxylation is 1. The summed E-state index contributed by atoms with van der Waals surface area (Å²) in [5, 5.41) is 6.51. The molecule has 0 bridgehead atoms. The van der Waals surface area contributed by atoms with Gasteiger partial charge in [-0.25, -0.2) is 4.79 Å². The first kappa shape index (κ1) is 18.8. The summed E-state index contributed by atoms with van der Waals surface area (Å²) in [6.07, 6.45) is 0. The second-order valence-electron chi connectivity index (χ2n) is 6.60. The van der Waals surface area contributed by atoms with Crippen LogP contribution in [0.4, 0.5) is 0 Å². The van der Waals surface area contributed by atoms with Crippen molar-refractivity contribution in [3.05, 3.63) is 41.3 Å². The predicted molar refractivity (Wildman–Crippen MR) is 94.7 cm³/mol. The number of nitrogens with zero attached hydrogens (tertiary/aromatic N) is 1. The number of carbonyl (C=O) groups excluding carboxylic acids is 2. The highest BCUT2D eigenvalue weighted by atomic mass is 16.6. The number of carbonyl (C=O) groups is 2. The van der Waals surface area contributed by atoms with E-state index in [0.717, 1.165) is 5.56 Å². The van der Waals surface area contributed by atoms with Gasteiger partial charge in [0, 0.05) is 6.07 Å². The highest BCUT2D eigenvalue weighted by Gasteiger charge is 2.22. The van der Waals surface area contributed by atoms with Crippen molar-refractivity contribution in [1.82, 2.24) is 10.5 Å². The molecule has 1 aliphatic heterocycles. The highest BCUT2D eigenvalue weighted by molar-refractivity contribution is 5.88. The van der Waals surface area contributed by atoms with Crippen LogP contribution in [0.25, 0.3) is 0 Å². The van der Waals surface area contributed by atoms with Gasteiger partial charge in [0.15, 0.2) is 18.1 Å². The number of rotatable bonds is 6. The molecule has 0 spiro atoms. The van der Waals surface area contributed by atoms with Crippen molar-refractivity contribution in [2.75, 3.05) is 19.8 Å². The van der Waals surface area contributed by atoms with E-state index in [1.807, 2.05) is 32.0 Å². The standard InChI is InChI=1S/C19H22N2O6/c1-11(2)18(13-4-5-14-15(9-13)25-7-6-24-14)20-17(22)10-26-19(23)16-8-12(3)21-27-16/h4-5,8-9,11,18H,6-7,10H2,1-3H3,(H,20,22). The van der Waals surface area contributed by atoms with E-state index in [1.54, 1.807) is 6.92 Å². The molecular weight excluding hydrogens is 352 g/mol. The predicted octanol–water partition coefficient (Wildman–Crippen LogP) is 2.42. The molecule has 1 amide bonds. The van der Waals surface area contributed by atoms with Gasteiger partial charge >= 0.3 is 5.97 Å². The van der Waals surface area contributed by atoms with Crippen LogP contribution >= 0.6 is 0 Å². The summed E-state index contributed by atoms with van der Waals surface area (Å²) in [4.78, 5) is 24.1. The first-order valence-corrected chi connectivity index (χ1v) is 8.73. The molecule has 1 aliphatic rings. The molecule has 3 rings (SSSR count). The fourth-order valence-corrected chi connectivity index (χ4v) is 2.77. The largest absolute Gasteiger partial charge is 0.486 e. The minimum Gasteiger partial charge on any atom is -0.486 e. The lowest BCUT2D eigenvalue weighted by atomic mass is 9.95. The molecule has 0 saturated carbocycles. The summed E-state index contributed by atoms with van der Waals surface area (Å²) in [6.45, 7) is 6.27. The van der Waals surface area contributed by atoms with Gasteiger partial charge in [0.2, 0.25) is 5.76 Å². The van der Waals surface area contributed by atoms with Crippen LogP contribution in [0.15, 0.2) is 28.8 Å². The number of aromatic nitrogens is 1. The maximum absolute atomic E-state index is 12.3. The van der Waals surface area contributed by atoms with E-state index in [2.05, 4.69) is 10.5 Å². The number of nitrogens with one attached hydrogen (secondary N) is 1. The van der Waals surface area contributed by atoms with Gasteiger partial charge in [-0.3, -0.25) is 4.79 Å². The maximum atomic E-state index is 12.3. The topological polar surface area (TPSA) is 99.9 Å². The van der Waals surface area contributed by atoms with Crippen molar-refractivity contribution in [1.29, 1.82) is 0 Å². The van der Waals surface area contributed by atoms with E-state index in [4.69, 9.17) is 18.7 Å². The van der Waals surface area contributed by atoms with Crippen molar-refractivity contribution in [2.24, 2.45) is 5.92 Å². The Bertz CT molecular complexity index is 829. The average Bonchev–Trinajstić information content (AvgIpc) is 3.10. The van der Waals surface area contributed by atoms with E-state index in [0.29, 0.717) is 30.4 Å². The van der Waals surface area contributed by atoms with Crippen molar-refractivity contribution in [3.63, 3.8) is 0 Å². The minimum atomic E-state index is -0.730. The van der Waals surface area contributed by atoms with Crippen molar-refractivity contribution in [2.45, 2.75) is 26.8 Å². The zero-order valence-electron chi connectivity index (χ0n) is 15.5. The van der Waals surface area contributed by atoms with Gasteiger partial charge in [-0.05, 0) is 30.5 Å². The number of amides is 1. The van der Waals surface area contributed by atoms with Crippen LogP contribution in [0.1, 0.15) is 41.7 Å². The molecule has 0 fully saturated rings. The number of hydrogen-bond acceptors (Lipinski definition) is 7. The van der Waals surface area contributed by atoms with Crippen molar-refractivity contribution in [3.8, 4) is 11.5 Å². The van der Waals surface area contributed by atoms with Crippen molar-refractivity contribution < 1.29 is 28.3 Å². The van der Waals surface area contributed by atoms with Crippen LogP contribution in [-0.2, 0) is 9.53 Å². The molecule has 2 heterocycles. The van der Waals surface area contributed by atoms with Crippen LogP contribution in [0.5, 0.6) is 11.5 Å². The van der Waals surface area contributed by atoms with E-state index in [1.165, 1.54) is 6.07 Å². The Balaban J connectivity index is 1.62. The molecular formula is C19H22N2O6. The van der Waals surface area contributed by atoms with Gasteiger partial charge in [-0.15, -0.1) is 0 Å². The summed E-state index contributed by atoms with van der Waals surface area (Å²) in [5.74, 6) is 0.289. The molecule has 1 N–H and O–H groups in total. The zero-order valence-corrected chi connectivity index (χ0v) is 15.5. The Morgan fingerprint density at radius 2 is 1.93 bits per heavy atom. The Hall–Kier alpha value is -3.03. The zero-order chi connectivity index (χ0) is 19.4. The lowest BCUT2D eigenvalue weighted by Gasteiger charge is -2.25. The van der Waals surface area contributed by atoms with Gasteiger partial charge in [-0.1, -0.05) is 25.1 Å². The first-order valence-electron chi connectivity index (χ1n) is 8.73. The van der Waals surface area contributed by atoms with Gasteiger partial charge in [-0.2, -0.15) is 0 Å². The third-order valence-corrected chi connectivity index (χ3v) is 4.07. The lowest BCUT2D eigenvalue weighted by molar-refractivity contribution is -0.125. The lowest BCUT2D eigenvalue weighted by Crippen LogP contribution is -2.35. The molecule has 0 radical (unpaired) electrons. The van der Waals surface area contributed by atoms with Crippen molar-refractivity contribution >= 4 is 11.9 Å². The molecule has 144 valence electrons. The molecule has 1 aromatic carbocycles. The number of esters is 1. The first-order chi connectivity index (χ1) is 12.9. The van der Waals surface area contributed by atoms with Crippen LogP contribution in [-0.4, -0.2) is 36.9 Å². The van der Waals surface area contributed by atoms with E-state index in [-0.39, 0.29) is 17.7 Å². The average molecular weight is 374 g/mol. The molecule has 8 nitrogen and oxygen atoms in total. The SMILES string of the molecule is Cc1cc(C(=O)OCC(=O)NC(c2ccc3c(c2)OCCO3)C(C)C)on1. The monoisotopic (exact) mass is 374 g/mol. The summed E-state index contributed by atoms with van der Waals surface area (Å²) in [6, 6.07) is 6.77. The quantitative estimate of drug-likeness (QED) is 0.775. The Kier molecular flexibility index (Phi) is 5.63. The molecule has 0 aliphatic carbocycles. The van der Waals surface area contributed by atoms with Crippen LogP contribution in [0.3, 0.4) is 0 Å². The Labute approximate surface area is 156 Å². The van der Waals surface area contributed by atoms with Crippen LogP contribution in [0.2, 0.25) is 0 Å². The molecule has 27 heavy (non-hydrogen) atoms. The maximum Gasteiger partial charge on any atom is 0.377 e. The van der Waals surface area contributed by atoms with E-state index >= 15 is 0 Å². The second kappa shape index (κ2) is 8.11. The fraction of sp³-hybridized carbons (Fsp3) is 0.421. The number of ether oxygens (including phenoxy) is 3. The molecule has 1 unspecified atom stereocenters. The molecule has 2 aromatic rings. The normalized spacial score (nSPS) is 13.9. The molecule has 8 heteroatoms. The fourth-order valence-electron chi connectivity index (χ4n) is 2.77. The summed E-state index contributed by atoms with van der Waals surface area (Å²) >= 11 is 0. The molecule has 0 saturated heterocycles. The van der Waals surface area contributed by atoms with Gasteiger partial charge in [0.05, 0.1) is 11.7 Å². The minimum absolute atomic E-state index is 0.0347. The van der Waals surface area contributed by atoms with Gasteiger partial charge in [0.1, 0.15) is 13.2 Å². The molecule has 1 aromatic heterocycles. The van der Waals surface area contributed by atoms with Crippen LogP contribution in [0, 0.1) is 12.8 Å². The van der Waals surface area contributed by atoms with E-state index < -0.39 is 18.5 Å². The highest BCUT2D eigenvalue weighted by Crippen LogP contribution is 2.34. The number of benzene rings is 1. The summed E-state index contributed by atoms with van der Waals surface area (Å²) in [7, 11) is 0. The third kappa shape index (κ3) is 4.58. The van der Waals surface area contributed by atoms with Gasteiger partial charge < -0.3 is 24.1 Å². The molecule has 1 atom stereocenters. The smallest absolute Gasteiger partial charge is 0.377 e. The summed E-state index contributed by atoms with van der Waals surface area (Å²) < 4.78 is 20.9. The number of fused-ring (bicyclic) bond motifs is 1. The third-order valence-electron chi connectivity index (χ3n) is 4.07. The van der Waals surface area contributed by atoms with Crippen LogP contribution < -0.4 is 14.8 Å². The Morgan fingerprint density at radius 3 is 2.59 bits per heavy atom. The second-order valence-corrected chi connectivity index (χ2v) is 6.60. The number of hydrogen-bond donors (Lipinski definition) is 1.